The standard InChI is InChI=1S/C35H38N2O4Si2/c1-23-19-27(25-13-9-7-10-14-25)32-30(21-23)42(3,4)36-18-17-29(34(38)39)37-35(36,40-32)41-33-28(26-15-11-8-12-16-26)20-24(2)22-31(33)43(37,5)6/h7-16,19-22,29H,17-18H2,1-6H3,(H,38,39). The molecule has 7 rings (SSSR count). The second-order valence-electron chi connectivity index (χ2n) is 13.1. The van der Waals surface area contributed by atoms with Gasteiger partial charge in [-0.15, -0.1) is 0 Å². The summed E-state index contributed by atoms with van der Waals surface area (Å²) >= 11 is 0. The molecule has 2 atom stereocenters. The molecule has 0 saturated carbocycles. The van der Waals surface area contributed by atoms with Crippen LogP contribution in [0.5, 0.6) is 11.5 Å². The van der Waals surface area contributed by atoms with Gasteiger partial charge in [0.2, 0.25) is 0 Å². The number of carboxylic acids is 1. The molecule has 3 heterocycles. The van der Waals surface area contributed by atoms with Crippen LogP contribution in [0, 0.1) is 13.8 Å². The van der Waals surface area contributed by atoms with Crippen molar-refractivity contribution in [1.29, 1.82) is 0 Å². The molecule has 4 aromatic carbocycles. The Kier molecular flexibility index (Phi) is 6.31. The van der Waals surface area contributed by atoms with E-state index in [2.05, 4.69) is 97.7 Å². The summed E-state index contributed by atoms with van der Waals surface area (Å²) in [5, 5.41) is 13.0. The molecule has 3 aliphatic heterocycles. The number of ether oxygens (including phenoxy) is 2. The summed E-state index contributed by atoms with van der Waals surface area (Å²) in [4.78, 5) is 13.0. The van der Waals surface area contributed by atoms with E-state index in [0.29, 0.717) is 13.0 Å². The SMILES string of the molecule is Cc1cc(-c2ccccc2)c2c(c1)[Si](C)(C)N1CCC(C(=O)O)N3C1(O2)Oc1c(-c2ccccc2)cc(C)cc1[Si]3(C)C. The zero-order valence-corrected chi connectivity index (χ0v) is 27.6. The lowest BCUT2D eigenvalue weighted by atomic mass is 10.0. The van der Waals surface area contributed by atoms with Crippen molar-refractivity contribution >= 4 is 32.8 Å². The maximum absolute atomic E-state index is 13.0. The number of carbonyl (C=O) groups is 1. The summed E-state index contributed by atoms with van der Waals surface area (Å²) in [6.45, 7) is 14.0. The molecule has 2 unspecified atom stereocenters. The van der Waals surface area contributed by atoms with Crippen LogP contribution in [0.25, 0.3) is 22.3 Å². The number of aliphatic carboxylic acids is 1. The summed E-state index contributed by atoms with van der Waals surface area (Å²) in [6, 6.07) is 27.4. The van der Waals surface area contributed by atoms with Crippen LogP contribution in [0.4, 0.5) is 0 Å². The van der Waals surface area contributed by atoms with Gasteiger partial charge in [-0.2, -0.15) is 0 Å². The first kappa shape index (κ1) is 28.1. The predicted octanol–water partition coefficient (Wildman–Crippen LogP) is 6.02. The highest BCUT2D eigenvalue weighted by Gasteiger charge is 2.69. The Bertz CT molecular complexity index is 1760. The largest absolute Gasteiger partial charge is 0.480 e. The minimum absolute atomic E-state index is 0.510. The molecule has 6 nitrogen and oxygen atoms in total. The lowest BCUT2D eigenvalue weighted by Gasteiger charge is -2.65. The Morgan fingerprint density at radius 2 is 1.23 bits per heavy atom. The van der Waals surface area contributed by atoms with E-state index in [4.69, 9.17) is 9.47 Å². The van der Waals surface area contributed by atoms with Gasteiger partial charge in [-0.3, -0.25) is 4.79 Å². The van der Waals surface area contributed by atoms with Crippen LogP contribution in [0.15, 0.2) is 84.9 Å². The summed E-state index contributed by atoms with van der Waals surface area (Å²) < 4.78 is 19.2. The van der Waals surface area contributed by atoms with Gasteiger partial charge >= 0.3 is 12.0 Å². The molecule has 0 radical (unpaired) electrons. The highest BCUT2D eigenvalue weighted by Crippen LogP contribution is 2.50. The van der Waals surface area contributed by atoms with Crippen LogP contribution in [0.1, 0.15) is 17.5 Å². The van der Waals surface area contributed by atoms with Crippen molar-refractivity contribution in [3.63, 3.8) is 0 Å². The molecule has 220 valence electrons. The molecule has 0 bridgehead atoms. The molecule has 43 heavy (non-hydrogen) atoms. The number of carboxylic acid groups (broad SMARTS) is 1. The number of rotatable bonds is 3. The number of hydrogen-bond acceptors (Lipinski definition) is 5. The molecular formula is C35H38N2O4Si2. The Labute approximate surface area is 255 Å². The third-order valence-corrected chi connectivity index (χ3v) is 16.6. The van der Waals surface area contributed by atoms with Crippen LogP contribution in [-0.2, 0) is 4.79 Å². The van der Waals surface area contributed by atoms with E-state index in [0.717, 1.165) is 44.5 Å². The lowest BCUT2D eigenvalue weighted by molar-refractivity contribution is -0.295. The maximum atomic E-state index is 13.0. The molecule has 0 aliphatic carbocycles. The van der Waals surface area contributed by atoms with Crippen LogP contribution in [0.3, 0.4) is 0 Å². The minimum atomic E-state index is -2.72. The molecule has 1 fully saturated rings. The quantitative estimate of drug-likeness (QED) is 0.288. The van der Waals surface area contributed by atoms with E-state index in [9.17, 15) is 9.90 Å². The van der Waals surface area contributed by atoms with Crippen LogP contribution < -0.4 is 19.8 Å². The molecule has 1 saturated heterocycles. The number of nitrogens with zero attached hydrogens (tertiary/aromatic N) is 2. The summed E-state index contributed by atoms with van der Waals surface area (Å²) in [6.07, 6.45) is 0.510. The second-order valence-corrected chi connectivity index (χ2v) is 21.5. The van der Waals surface area contributed by atoms with Gasteiger partial charge in [-0.05, 0) is 53.9 Å². The third-order valence-electron chi connectivity index (χ3n) is 9.57. The summed E-state index contributed by atoms with van der Waals surface area (Å²) in [5.41, 5.74) is 6.49. The van der Waals surface area contributed by atoms with Crippen molar-refractivity contribution in [2.45, 2.75) is 58.5 Å². The molecule has 0 amide bonds. The Balaban J connectivity index is 1.54. The van der Waals surface area contributed by atoms with Crippen molar-refractivity contribution in [3.8, 4) is 33.8 Å². The second kappa shape index (κ2) is 9.65. The van der Waals surface area contributed by atoms with E-state index < -0.39 is 34.5 Å². The average Bonchev–Trinajstić information content (AvgIpc) is 2.97. The van der Waals surface area contributed by atoms with Crippen LogP contribution >= 0.6 is 0 Å². The van der Waals surface area contributed by atoms with E-state index in [1.54, 1.807) is 0 Å². The van der Waals surface area contributed by atoms with Crippen molar-refractivity contribution in [2.24, 2.45) is 0 Å². The number of hydrogen-bond donors (Lipinski definition) is 1. The van der Waals surface area contributed by atoms with Crippen molar-refractivity contribution in [3.05, 3.63) is 96.1 Å². The fraction of sp³-hybridized carbons (Fsp3) is 0.286. The van der Waals surface area contributed by atoms with Crippen LogP contribution in [0.2, 0.25) is 26.2 Å². The molecule has 1 spiro atoms. The molecule has 8 heteroatoms. The van der Waals surface area contributed by atoms with Gasteiger partial charge in [-0.1, -0.05) is 110 Å². The third kappa shape index (κ3) is 4.07. The van der Waals surface area contributed by atoms with Crippen molar-refractivity contribution < 1.29 is 19.4 Å². The summed E-state index contributed by atoms with van der Waals surface area (Å²) in [7, 11) is -5.19. The van der Waals surface area contributed by atoms with Gasteiger partial charge in [0.05, 0.1) is 0 Å². The smallest absolute Gasteiger partial charge is 0.375 e. The maximum Gasteiger partial charge on any atom is 0.375 e. The monoisotopic (exact) mass is 606 g/mol. The van der Waals surface area contributed by atoms with Crippen molar-refractivity contribution in [2.75, 3.05) is 6.54 Å². The van der Waals surface area contributed by atoms with Gasteiger partial charge in [0.15, 0.2) is 16.5 Å². The highest BCUT2D eigenvalue weighted by molar-refractivity contribution is 6.90. The average molecular weight is 607 g/mol. The Morgan fingerprint density at radius 1 is 0.767 bits per heavy atom. The highest BCUT2D eigenvalue weighted by atomic mass is 28.3. The van der Waals surface area contributed by atoms with E-state index >= 15 is 0 Å². The first-order chi connectivity index (χ1) is 20.4. The van der Waals surface area contributed by atoms with Gasteiger partial charge < -0.3 is 14.6 Å². The zero-order chi connectivity index (χ0) is 30.3. The van der Waals surface area contributed by atoms with Gasteiger partial charge in [0, 0.05) is 17.7 Å². The Hall–Kier alpha value is -3.70. The Morgan fingerprint density at radius 3 is 1.70 bits per heavy atom. The van der Waals surface area contributed by atoms with E-state index in [-0.39, 0.29) is 0 Å². The fourth-order valence-electron chi connectivity index (χ4n) is 7.57. The number of benzene rings is 4. The molecule has 3 aliphatic rings. The molecular weight excluding hydrogens is 569 g/mol. The summed E-state index contributed by atoms with van der Waals surface area (Å²) in [5.74, 6) is 0.786. The first-order valence-electron chi connectivity index (χ1n) is 15.0. The van der Waals surface area contributed by atoms with Gasteiger partial charge in [0.1, 0.15) is 17.5 Å². The molecule has 0 aromatic heterocycles. The lowest BCUT2D eigenvalue weighted by Crippen LogP contribution is -2.89. The topological polar surface area (TPSA) is 62.2 Å². The molecule has 4 aromatic rings. The van der Waals surface area contributed by atoms with Gasteiger partial charge in [0.25, 0.3) is 0 Å². The van der Waals surface area contributed by atoms with Crippen LogP contribution in [-0.4, -0.2) is 55.3 Å². The fourth-order valence-corrected chi connectivity index (χ4v) is 14.4. The predicted molar refractivity (Wildman–Crippen MR) is 176 cm³/mol. The van der Waals surface area contributed by atoms with E-state index in [1.165, 1.54) is 10.8 Å². The van der Waals surface area contributed by atoms with E-state index in [1.807, 2.05) is 36.4 Å². The first-order valence-corrected chi connectivity index (χ1v) is 20.9. The number of aryl methyl sites for hydroxylation is 2. The van der Waals surface area contributed by atoms with Crippen molar-refractivity contribution in [1.82, 2.24) is 9.13 Å². The molecule has 1 N–H and O–H groups in total. The normalized spacial score (nSPS) is 23.5. The zero-order valence-electron chi connectivity index (χ0n) is 25.6. The van der Waals surface area contributed by atoms with Gasteiger partial charge in [-0.25, -0.2) is 9.13 Å². The number of fused-ring (bicyclic) bond motifs is 2. The minimum Gasteiger partial charge on any atom is -0.480 e.